The van der Waals surface area contributed by atoms with Crippen molar-refractivity contribution in [2.45, 2.75) is 33.1 Å². The van der Waals surface area contributed by atoms with Crippen LogP contribution in [0.2, 0.25) is 5.02 Å². The van der Waals surface area contributed by atoms with Crippen molar-refractivity contribution in [2.75, 3.05) is 5.32 Å². The van der Waals surface area contributed by atoms with Gasteiger partial charge in [0.05, 0.1) is 21.8 Å². The maximum Gasteiger partial charge on any atom is 0.293 e. The standard InChI is InChI=1S/C29H25ClN4O3/c1-17-14-18(2)28(26(15-17)34(36)37)33-27(35)9-5-7-21-22-16-20(30)11-13-24(22)32-29(21)25-12-10-19-6-3-4-8-23(19)31-25/h3-4,6,8,10-16,32H,5,7,9H2,1-2H3,(H,33,35). The van der Waals surface area contributed by atoms with Crippen LogP contribution in [-0.2, 0) is 11.2 Å². The third-order valence-corrected chi connectivity index (χ3v) is 6.71. The summed E-state index contributed by atoms with van der Waals surface area (Å²) in [5.41, 5.74) is 6.18. The number of carbonyl (C=O) groups is 1. The van der Waals surface area contributed by atoms with Gasteiger partial charge in [-0.25, -0.2) is 4.98 Å². The molecular weight excluding hydrogens is 488 g/mol. The average Bonchev–Trinajstić information content (AvgIpc) is 3.22. The maximum atomic E-state index is 12.8. The molecule has 1 amide bonds. The summed E-state index contributed by atoms with van der Waals surface area (Å²) < 4.78 is 0. The molecule has 0 spiro atoms. The number of fused-ring (bicyclic) bond motifs is 2. The highest BCUT2D eigenvalue weighted by molar-refractivity contribution is 6.31. The van der Waals surface area contributed by atoms with Crippen LogP contribution in [0, 0.1) is 24.0 Å². The summed E-state index contributed by atoms with van der Waals surface area (Å²) in [6, 6.07) is 21.0. The van der Waals surface area contributed by atoms with Gasteiger partial charge in [-0.3, -0.25) is 14.9 Å². The van der Waals surface area contributed by atoms with E-state index in [9.17, 15) is 14.9 Å². The maximum absolute atomic E-state index is 12.8. The molecule has 5 aromatic rings. The van der Waals surface area contributed by atoms with Crippen molar-refractivity contribution < 1.29 is 9.72 Å². The number of nitrogens with one attached hydrogen (secondary N) is 2. The van der Waals surface area contributed by atoms with Crippen LogP contribution in [-0.4, -0.2) is 20.8 Å². The summed E-state index contributed by atoms with van der Waals surface area (Å²) in [4.78, 5) is 32.2. The number of nitro groups is 1. The third kappa shape index (κ3) is 5.04. The Bertz CT molecular complexity index is 1680. The van der Waals surface area contributed by atoms with Gasteiger partial charge >= 0.3 is 0 Å². The van der Waals surface area contributed by atoms with Crippen LogP contribution in [0.1, 0.15) is 29.5 Å². The van der Waals surface area contributed by atoms with Gasteiger partial charge in [-0.2, -0.15) is 0 Å². The van der Waals surface area contributed by atoms with E-state index in [4.69, 9.17) is 16.6 Å². The smallest absolute Gasteiger partial charge is 0.293 e. The van der Waals surface area contributed by atoms with Gasteiger partial charge in [0.1, 0.15) is 5.69 Å². The SMILES string of the molecule is Cc1cc(C)c(NC(=O)CCCc2c(-c3ccc4ccccc4n3)[nH]c3ccc(Cl)cc23)c([N+](=O)[O-])c1. The number of hydrogen-bond donors (Lipinski definition) is 2. The number of halogens is 1. The minimum absolute atomic E-state index is 0.0956. The second kappa shape index (κ2) is 10.0. The summed E-state index contributed by atoms with van der Waals surface area (Å²) in [6.07, 6.45) is 1.36. The Morgan fingerprint density at radius 3 is 2.70 bits per heavy atom. The lowest BCUT2D eigenvalue weighted by atomic mass is 10.0. The minimum Gasteiger partial charge on any atom is -0.353 e. The molecule has 2 N–H and O–H groups in total. The predicted octanol–water partition coefficient (Wildman–Crippen LogP) is 7.52. The minimum atomic E-state index is -0.464. The number of benzene rings is 3. The average molecular weight is 513 g/mol. The van der Waals surface area contributed by atoms with Crippen LogP contribution in [0.4, 0.5) is 11.4 Å². The molecule has 37 heavy (non-hydrogen) atoms. The van der Waals surface area contributed by atoms with Crippen LogP contribution in [0.25, 0.3) is 33.2 Å². The molecule has 0 bridgehead atoms. The van der Waals surface area contributed by atoms with Crippen LogP contribution < -0.4 is 5.32 Å². The van der Waals surface area contributed by atoms with Crippen molar-refractivity contribution in [1.29, 1.82) is 0 Å². The van der Waals surface area contributed by atoms with Crippen molar-refractivity contribution in [3.05, 3.63) is 98.6 Å². The summed E-state index contributed by atoms with van der Waals surface area (Å²) in [6.45, 7) is 3.55. The number of nitrogens with zero attached hydrogens (tertiary/aromatic N) is 2. The molecule has 0 atom stereocenters. The van der Waals surface area contributed by atoms with Gasteiger partial charge in [-0.1, -0.05) is 41.9 Å². The zero-order valence-electron chi connectivity index (χ0n) is 20.5. The van der Waals surface area contributed by atoms with Gasteiger partial charge in [-0.05, 0) is 73.7 Å². The lowest BCUT2D eigenvalue weighted by molar-refractivity contribution is -0.384. The van der Waals surface area contributed by atoms with Crippen LogP contribution in [0.15, 0.2) is 66.7 Å². The van der Waals surface area contributed by atoms with Gasteiger partial charge in [0.25, 0.3) is 5.69 Å². The Hall–Kier alpha value is -4.23. The number of hydrogen-bond acceptors (Lipinski definition) is 4. The number of H-pyrrole nitrogens is 1. The largest absolute Gasteiger partial charge is 0.353 e. The van der Waals surface area contributed by atoms with Crippen LogP contribution in [0.5, 0.6) is 0 Å². The van der Waals surface area contributed by atoms with Crippen molar-refractivity contribution in [2.24, 2.45) is 0 Å². The fourth-order valence-corrected chi connectivity index (χ4v) is 4.96. The lowest BCUT2D eigenvalue weighted by Crippen LogP contribution is -2.14. The third-order valence-electron chi connectivity index (χ3n) is 6.47. The first-order valence-electron chi connectivity index (χ1n) is 12.0. The molecule has 3 aromatic carbocycles. The number of rotatable bonds is 7. The van der Waals surface area contributed by atoms with Gasteiger partial charge in [0.15, 0.2) is 0 Å². The number of pyridine rings is 1. The molecule has 7 nitrogen and oxygen atoms in total. The van der Waals surface area contributed by atoms with Crippen molar-refractivity contribution in [3.63, 3.8) is 0 Å². The lowest BCUT2D eigenvalue weighted by Gasteiger charge is -2.10. The molecule has 0 fully saturated rings. The number of aromatic nitrogens is 2. The molecule has 0 unspecified atom stereocenters. The van der Waals surface area contributed by atoms with Crippen LogP contribution >= 0.6 is 11.6 Å². The predicted molar refractivity (Wildman–Crippen MR) is 148 cm³/mol. The highest BCUT2D eigenvalue weighted by Gasteiger charge is 2.20. The van der Waals surface area contributed by atoms with E-state index in [1.807, 2.05) is 60.7 Å². The van der Waals surface area contributed by atoms with Gasteiger partial charge in [-0.15, -0.1) is 0 Å². The summed E-state index contributed by atoms with van der Waals surface area (Å²) >= 11 is 6.32. The highest BCUT2D eigenvalue weighted by Crippen LogP contribution is 2.34. The first-order valence-corrected chi connectivity index (χ1v) is 12.4. The first-order chi connectivity index (χ1) is 17.8. The number of carbonyl (C=O) groups excluding carboxylic acids is 1. The van der Waals surface area contributed by atoms with Crippen molar-refractivity contribution in [1.82, 2.24) is 9.97 Å². The van der Waals surface area contributed by atoms with Crippen molar-refractivity contribution >= 4 is 50.7 Å². The fraction of sp³-hybridized carbons (Fsp3) is 0.172. The quantitative estimate of drug-likeness (QED) is 0.174. The molecule has 0 aliphatic heterocycles. The Balaban J connectivity index is 1.40. The normalized spacial score (nSPS) is 11.2. The Morgan fingerprint density at radius 1 is 1.08 bits per heavy atom. The summed E-state index contributed by atoms with van der Waals surface area (Å²) in [5.74, 6) is -0.265. The molecular formula is C29H25ClN4O3. The number of nitro benzene ring substituents is 1. The highest BCUT2D eigenvalue weighted by atomic mass is 35.5. The van der Waals surface area contributed by atoms with E-state index in [-0.39, 0.29) is 23.7 Å². The van der Waals surface area contributed by atoms with E-state index >= 15 is 0 Å². The van der Waals surface area contributed by atoms with Crippen molar-refractivity contribution in [3.8, 4) is 11.4 Å². The summed E-state index contributed by atoms with van der Waals surface area (Å²) in [7, 11) is 0. The monoisotopic (exact) mass is 512 g/mol. The molecule has 2 heterocycles. The Kier molecular flexibility index (Phi) is 6.63. The Labute approximate surface area is 218 Å². The molecule has 0 aliphatic carbocycles. The number of aromatic amines is 1. The molecule has 0 aliphatic rings. The number of aryl methyl sites for hydroxylation is 3. The molecule has 0 radical (unpaired) electrons. The second-order valence-electron chi connectivity index (χ2n) is 9.19. The van der Waals surface area contributed by atoms with E-state index in [2.05, 4.69) is 10.3 Å². The number of anilines is 1. The molecule has 186 valence electrons. The zero-order chi connectivity index (χ0) is 26.1. The fourth-order valence-electron chi connectivity index (χ4n) is 4.78. The van der Waals surface area contributed by atoms with E-state index in [0.29, 0.717) is 23.4 Å². The molecule has 0 saturated carbocycles. The van der Waals surface area contributed by atoms with Gasteiger partial charge in [0, 0.05) is 33.8 Å². The van der Waals surface area contributed by atoms with Crippen LogP contribution in [0.3, 0.4) is 0 Å². The number of para-hydroxylation sites is 1. The zero-order valence-corrected chi connectivity index (χ0v) is 21.2. The second-order valence-corrected chi connectivity index (χ2v) is 9.63. The number of amides is 1. The summed E-state index contributed by atoms with van der Waals surface area (Å²) in [5, 5.41) is 17.0. The first kappa shape index (κ1) is 24.5. The van der Waals surface area contributed by atoms with Gasteiger partial charge < -0.3 is 10.3 Å². The molecule has 5 rings (SSSR count). The van der Waals surface area contributed by atoms with E-state index in [1.54, 1.807) is 13.8 Å². The van der Waals surface area contributed by atoms with E-state index in [1.165, 1.54) is 6.07 Å². The molecule has 2 aromatic heterocycles. The van der Waals surface area contributed by atoms with Gasteiger partial charge in [0.2, 0.25) is 5.91 Å². The Morgan fingerprint density at radius 2 is 1.89 bits per heavy atom. The molecule has 0 saturated heterocycles. The van der Waals surface area contributed by atoms with E-state index < -0.39 is 4.92 Å². The van der Waals surface area contributed by atoms with E-state index in [0.717, 1.165) is 44.3 Å². The topological polar surface area (TPSA) is 101 Å². The molecule has 8 heteroatoms.